The lowest BCUT2D eigenvalue weighted by atomic mass is 10.0. The van der Waals surface area contributed by atoms with Crippen LogP contribution in [-0.2, 0) is 12.8 Å². The van der Waals surface area contributed by atoms with Crippen molar-refractivity contribution in [2.75, 3.05) is 11.1 Å². The number of benzene rings is 1. The van der Waals surface area contributed by atoms with E-state index in [-0.39, 0.29) is 5.82 Å². The molecule has 5 heteroatoms. The number of nitrogen functional groups attached to an aromatic ring is 1. The topological polar surface area (TPSA) is 63.8 Å². The van der Waals surface area contributed by atoms with Crippen LogP contribution in [0.4, 0.5) is 17.3 Å². The Labute approximate surface area is 118 Å². The third-order valence-corrected chi connectivity index (χ3v) is 3.43. The van der Waals surface area contributed by atoms with Crippen LogP contribution in [0.1, 0.15) is 25.0 Å². The van der Waals surface area contributed by atoms with Crippen molar-refractivity contribution < 1.29 is 0 Å². The summed E-state index contributed by atoms with van der Waals surface area (Å²) in [5, 5.41) is 3.65. The van der Waals surface area contributed by atoms with Crippen LogP contribution in [0.2, 0.25) is 5.02 Å². The third-order valence-electron chi connectivity index (χ3n) is 3.06. The van der Waals surface area contributed by atoms with Gasteiger partial charge in [0.1, 0.15) is 17.2 Å². The van der Waals surface area contributed by atoms with Crippen molar-refractivity contribution >= 4 is 28.9 Å². The van der Waals surface area contributed by atoms with Gasteiger partial charge in [0.25, 0.3) is 0 Å². The van der Waals surface area contributed by atoms with Crippen LogP contribution in [0, 0.1) is 0 Å². The molecule has 0 bridgehead atoms. The normalized spacial score (nSPS) is 10.5. The van der Waals surface area contributed by atoms with Gasteiger partial charge in [-0.05, 0) is 24.0 Å². The van der Waals surface area contributed by atoms with Crippen molar-refractivity contribution in [2.24, 2.45) is 0 Å². The highest BCUT2D eigenvalue weighted by Crippen LogP contribution is 2.30. The summed E-state index contributed by atoms with van der Waals surface area (Å²) in [6.45, 7) is 4.24. The number of nitrogens with one attached hydrogen (secondary N) is 1. The first-order chi connectivity index (χ1) is 9.17. The van der Waals surface area contributed by atoms with Crippen LogP contribution in [0.25, 0.3) is 0 Å². The molecular weight excluding hydrogens is 260 g/mol. The second-order valence-corrected chi connectivity index (χ2v) is 4.58. The Morgan fingerprint density at radius 1 is 1.16 bits per heavy atom. The first-order valence-corrected chi connectivity index (χ1v) is 6.68. The number of rotatable bonds is 4. The van der Waals surface area contributed by atoms with Gasteiger partial charge in [-0.2, -0.15) is 0 Å². The minimum atomic E-state index is 0.284. The summed E-state index contributed by atoms with van der Waals surface area (Å²) >= 11 is 6.12. The molecule has 0 amide bonds. The quantitative estimate of drug-likeness (QED) is 0.896. The average Bonchev–Trinajstić information content (AvgIpc) is 2.44. The number of anilines is 3. The predicted molar refractivity (Wildman–Crippen MR) is 79.9 cm³/mol. The molecule has 0 fully saturated rings. The number of aryl methyl sites for hydroxylation is 2. The lowest BCUT2D eigenvalue weighted by molar-refractivity contribution is 1.08. The number of halogens is 1. The zero-order valence-corrected chi connectivity index (χ0v) is 11.8. The number of aromatic nitrogens is 2. The van der Waals surface area contributed by atoms with Crippen LogP contribution in [-0.4, -0.2) is 9.97 Å². The van der Waals surface area contributed by atoms with Crippen LogP contribution < -0.4 is 11.1 Å². The zero-order valence-electron chi connectivity index (χ0n) is 11.1. The van der Waals surface area contributed by atoms with E-state index in [1.807, 2.05) is 0 Å². The van der Waals surface area contributed by atoms with E-state index in [0.29, 0.717) is 10.8 Å². The Morgan fingerprint density at radius 3 is 2.37 bits per heavy atom. The lowest BCUT2D eigenvalue weighted by Gasteiger charge is -2.15. The van der Waals surface area contributed by atoms with Gasteiger partial charge in [0.15, 0.2) is 5.82 Å². The molecule has 0 aliphatic carbocycles. The number of hydrogen-bond acceptors (Lipinski definition) is 4. The van der Waals surface area contributed by atoms with E-state index < -0.39 is 0 Å². The number of para-hydroxylation sites is 1. The summed E-state index contributed by atoms with van der Waals surface area (Å²) < 4.78 is 0. The summed E-state index contributed by atoms with van der Waals surface area (Å²) in [6, 6.07) is 6.26. The van der Waals surface area contributed by atoms with Crippen molar-refractivity contribution in [2.45, 2.75) is 26.7 Å². The average molecular weight is 277 g/mol. The maximum atomic E-state index is 6.12. The second-order valence-electron chi connectivity index (χ2n) is 4.20. The van der Waals surface area contributed by atoms with Gasteiger partial charge in [0.2, 0.25) is 0 Å². The second kappa shape index (κ2) is 5.89. The Balaban J connectivity index is 2.45. The number of nitrogens with two attached hydrogens (primary N) is 1. The van der Waals surface area contributed by atoms with Gasteiger partial charge < -0.3 is 11.1 Å². The fraction of sp³-hybridized carbons (Fsp3) is 0.286. The van der Waals surface area contributed by atoms with E-state index >= 15 is 0 Å². The molecule has 0 atom stereocenters. The van der Waals surface area contributed by atoms with Crippen LogP contribution in [0.5, 0.6) is 0 Å². The predicted octanol–water partition coefficient (Wildman–Crippen LogP) is 3.58. The highest BCUT2D eigenvalue weighted by atomic mass is 35.5. The maximum Gasteiger partial charge on any atom is 0.154 e. The zero-order chi connectivity index (χ0) is 13.8. The van der Waals surface area contributed by atoms with Crippen molar-refractivity contribution in [1.82, 2.24) is 9.97 Å². The maximum absolute atomic E-state index is 6.12. The van der Waals surface area contributed by atoms with Gasteiger partial charge >= 0.3 is 0 Å². The molecule has 2 aromatic rings. The van der Waals surface area contributed by atoms with Crippen molar-refractivity contribution in [3.8, 4) is 0 Å². The summed E-state index contributed by atoms with van der Waals surface area (Å²) in [5.41, 5.74) is 9.21. The molecule has 0 saturated carbocycles. The van der Waals surface area contributed by atoms with Gasteiger partial charge in [-0.25, -0.2) is 9.97 Å². The van der Waals surface area contributed by atoms with Crippen LogP contribution in [0.3, 0.4) is 0 Å². The molecule has 3 N–H and O–H groups in total. The Morgan fingerprint density at radius 2 is 1.79 bits per heavy atom. The van der Waals surface area contributed by atoms with Crippen LogP contribution in [0.15, 0.2) is 24.5 Å². The van der Waals surface area contributed by atoms with E-state index in [1.165, 1.54) is 17.5 Å². The van der Waals surface area contributed by atoms with E-state index in [9.17, 15) is 0 Å². The van der Waals surface area contributed by atoms with Gasteiger partial charge in [-0.3, -0.25) is 0 Å². The largest absolute Gasteiger partial charge is 0.382 e. The molecule has 0 radical (unpaired) electrons. The molecule has 0 saturated heterocycles. The fourth-order valence-electron chi connectivity index (χ4n) is 1.99. The summed E-state index contributed by atoms with van der Waals surface area (Å²) in [5.74, 6) is 0.830. The Bertz CT molecular complexity index is 561. The molecule has 100 valence electrons. The molecule has 0 spiro atoms. The first kappa shape index (κ1) is 13.6. The summed E-state index contributed by atoms with van der Waals surface area (Å²) in [4.78, 5) is 8.01. The van der Waals surface area contributed by atoms with E-state index in [1.54, 1.807) is 0 Å². The smallest absolute Gasteiger partial charge is 0.154 e. The number of hydrogen-bond donors (Lipinski definition) is 2. The molecule has 0 unspecified atom stereocenters. The summed E-state index contributed by atoms with van der Waals surface area (Å²) in [6.07, 6.45) is 3.28. The highest BCUT2D eigenvalue weighted by Gasteiger charge is 2.11. The fourth-order valence-corrected chi connectivity index (χ4v) is 2.14. The minimum absolute atomic E-state index is 0.284. The molecule has 4 nitrogen and oxygen atoms in total. The number of nitrogens with zero attached hydrogens (tertiary/aromatic N) is 2. The first-order valence-electron chi connectivity index (χ1n) is 6.31. The van der Waals surface area contributed by atoms with Crippen molar-refractivity contribution in [3.63, 3.8) is 0 Å². The Kier molecular flexibility index (Phi) is 4.22. The molecule has 0 aliphatic rings. The molecule has 1 aromatic carbocycles. The monoisotopic (exact) mass is 276 g/mol. The third kappa shape index (κ3) is 2.79. The van der Waals surface area contributed by atoms with Gasteiger partial charge in [0, 0.05) is 5.69 Å². The highest BCUT2D eigenvalue weighted by molar-refractivity contribution is 6.35. The lowest BCUT2D eigenvalue weighted by Crippen LogP contribution is -2.04. The van der Waals surface area contributed by atoms with Crippen LogP contribution >= 0.6 is 11.6 Å². The molecule has 19 heavy (non-hydrogen) atoms. The Hall–Kier alpha value is -1.81. The molecule has 2 rings (SSSR count). The SMILES string of the molecule is CCc1cccc(CC)c1Nc1ncnc(N)c1Cl. The van der Waals surface area contributed by atoms with Crippen molar-refractivity contribution in [1.29, 1.82) is 0 Å². The molecule has 0 aliphatic heterocycles. The van der Waals surface area contributed by atoms with E-state index in [0.717, 1.165) is 18.5 Å². The van der Waals surface area contributed by atoms with Gasteiger partial charge in [0.05, 0.1) is 0 Å². The van der Waals surface area contributed by atoms with Gasteiger partial charge in [-0.1, -0.05) is 43.6 Å². The van der Waals surface area contributed by atoms with E-state index in [4.69, 9.17) is 17.3 Å². The molecule has 1 heterocycles. The molecular formula is C14H17ClN4. The minimum Gasteiger partial charge on any atom is -0.382 e. The van der Waals surface area contributed by atoms with Crippen molar-refractivity contribution in [3.05, 3.63) is 40.7 Å². The van der Waals surface area contributed by atoms with E-state index in [2.05, 4.69) is 47.3 Å². The van der Waals surface area contributed by atoms with Gasteiger partial charge in [-0.15, -0.1) is 0 Å². The summed E-state index contributed by atoms with van der Waals surface area (Å²) in [7, 11) is 0. The molecule has 1 aromatic heterocycles. The standard InChI is InChI=1S/C14H17ClN4/c1-3-9-6-5-7-10(4-2)12(9)19-14-11(15)13(16)17-8-18-14/h5-8H,3-4H2,1-2H3,(H3,16,17,18,19).